The zero-order valence-electron chi connectivity index (χ0n) is 16.4. The van der Waals surface area contributed by atoms with Crippen LogP contribution in [0, 0.1) is 10.5 Å². The average molecular weight is 513 g/mol. The molecular formula is C22H20IN5O2. The Morgan fingerprint density at radius 3 is 2.80 bits per heavy atom. The van der Waals surface area contributed by atoms with Gasteiger partial charge in [-0.25, -0.2) is 9.67 Å². The first-order valence-electron chi connectivity index (χ1n) is 9.52. The molecule has 4 rings (SSSR count). The Hall–Kier alpha value is -3.01. The van der Waals surface area contributed by atoms with Crippen LogP contribution in [0.2, 0.25) is 0 Å². The van der Waals surface area contributed by atoms with Crippen LogP contribution in [0.4, 0.5) is 0 Å². The lowest BCUT2D eigenvalue weighted by Crippen LogP contribution is -2.28. The summed E-state index contributed by atoms with van der Waals surface area (Å²) >= 11 is 2.14. The number of rotatable bonds is 6. The quantitative estimate of drug-likeness (QED) is 0.402. The minimum atomic E-state index is -0.134. The van der Waals surface area contributed by atoms with E-state index in [4.69, 9.17) is 0 Å². The van der Waals surface area contributed by atoms with Gasteiger partial charge in [0.2, 0.25) is 0 Å². The lowest BCUT2D eigenvalue weighted by Gasteiger charge is -2.08. The molecule has 0 radical (unpaired) electrons. The van der Waals surface area contributed by atoms with Gasteiger partial charge >= 0.3 is 0 Å². The number of benzene rings is 2. The van der Waals surface area contributed by atoms with Crippen molar-refractivity contribution in [2.75, 3.05) is 6.54 Å². The highest BCUT2D eigenvalue weighted by Gasteiger charge is 2.12. The number of aryl methyl sites for hydroxylation is 1. The van der Waals surface area contributed by atoms with E-state index < -0.39 is 0 Å². The van der Waals surface area contributed by atoms with E-state index in [1.54, 1.807) is 27.8 Å². The minimum absolute atomic E-state index is 0.129. The Morgan fingerprint density at radius 1 is 1.17 bits per heavy atom. The molecule has 0 spiro atoms. The fraction of sp³-hybridized carbons (Fsp3) is 0.182. The molecule has 152 valence electrons. The van der Waals surface area contributed by atoms with Crippen LogP contribution < -0.4 is 10.9 Å². The number of amides is 1. The molecule has 4 aromatic rings. The van der Waals surface area contributed by atoms with Crippen LogP contribution in [0.1, 0.15) is 21.5 Å². The average Bonchev–Trinajstić information content (AvgIpc) is 3.14. The van der Waals surface area contributed by atoms with Crippen molar-refractivity contribution in [3.63, 3.8) is 0 Å². The highest BCUT2D eigenvalue weighted by molar-refractivity contribution is 14.1. The van der Waals surface area contributed by atoms with Gasteiger partial charge in [0, 0.05) is 10.1 Å². The number of nitrogens with one attached hydrogen (secondary N) is 1. The molecule has 0 aliphatic carbocycles. The first-order chi connectivity index (χ1) is 14.5. The van der Waals surface area contributed by atoms with Crippen LogP contribution in [0.5, 0.6) is 0 Å². The van der Waals surface area contributed by atoms with Gasteiger partial charge in [0.15, 0.2) is 5.65 Å². The van der Waals surface area contributed by atoms with Gasteiger partial charge in [-0.05, 0) is 47.2 Å². The van der Waals surface area contributed by atoms with Gasteiger partial charge in [-0.1, -0.05) is 42.0 Å². The number of carbonyl (C=O) groups excluding carboxylic acids is 1. The second-order valence-corrected chi connectivity index (χ2v) is 8.17. The summed E-state index contributed by atoms with van der Waals surface area (Å²) in [5.74, 6) is -0.134. The van der Waals surface area contributed by atoms with E-state index in [1.165, 1.54) is 0 Å². The normalized spacial score (nSPS) is 11.0. The third-order valence-corrected chi connectivity index (χ3v) is 5.73. The zero-order valence-corrected chi connectivity index (χ0v) is 18.5. The number of carbonyl (C=O) groups is 1. The smallest absolute Gasteiger partial charge is 0.264 e. The molecule has 0 saturated heterocycles. The Balaban J connectivity index is 1.47. The van der Waals surface area contributed by atoms with E-state index in [0.717, 1.165) is 14.7 Å². The number of hydrogen-bond donors (Lipinski definition) is 1. The minimum Gasteiger partial charge on any atom is -0.350 e. The number of hydrogen-bond acceptors (Lipinski definition) is 4. The molecule has 0 fully saturated rings. The number of nitrogens with zero attached hydrogens (tertiary/aromatic N) is 4. The predicted molar refractivity (Wildman–Crippen MR) is 124 cm³/mol. The molecular weight excluding hydrogens is 493 g/mol. The fourth-order valence-electron chi connectivity index (χ4n) is 3.30. The van der Waals surface area contributed by atoms with E-state index in [2.05, 4.69) is 44.1 Å². The molecule has 0 aliphatic heterocycles. The monoisotopic (exact) mass is 513 g/mol. The summed E-state index contributed by atoms with van der Waals surface area (Å²) in [6.07, 6.45) is 3.09. The molecule has 30 heavy (non-hydrogen) atoms. The van der Waals surface area contributed by atoms with Gasteiger partial charge in [-0.15, -0.1) is 0 Å². The molecule has 0 saturated carbocycles. The Kier molecular flexibility index (Phi) is 5.93. The zero-order chi connectivity index (χ0) is 21.1. The van der Waals surface area contributed by atoms with Crippen molar-refractivity contribution in [2.45, 2.75) is 20.0 Å². The maximum atomic E-state index is 12.8. The lowest BCUT2D eigenvalue weighted by atomic mass is 10.1. The maximum Gasteiger partial charge on any atom is 0.264 e. The lowest BCUT2D eigenvalue weighted by molar-refractivity contribution is 0.0951. The molecule has 1 N–H and O–H groups in total. The predicted octanol–water partition coefficient (Wildman–Crippen LogP) is 2.98. The number of halogens is 1. The van der Waals surface area contributed by atoms with Crippen molar-refractivity contribution in [3.05, 3.63) is 91.7 Å². The topological polar surface area (TPSA) is 81.8 Å². The summed E-state index contributed by atoms with van der Waals surface area (Å²) in [4.78, 5) is 29.6. The third kappa shape index (κ3) is 4.28. The van der Waals surface area contributed by atoms with Crippen LogP contribution in [-0.4, -0.2) is 31.8 Å². The van der Waals surface area contributed by atoms with Crippen LogP contribution in [0.15, 0.2) is 65.8 Å². The SMILES string of the molecule is Cc1cccc(Cn2cnc3c(cnn3CCNC(=O)c3ccccc3I)c2=O)c1. The van der Waals surface area contributed by atoms with Crippen molar-refractivity contribution in [2.24, 2.45) is 0 Å². The van der Waals surface area contributed by atoms with Gasteiger partial charge in [0.25, 0.3) is 11.5 Å². The van der Waals surface area contributed by atoms with Crippen LogP contribution in [-0.2, 0) is 13.1 Å². The molecule has 0 unspecified atom stereocenters. The third-order valence-electron chi connectivity index (χ3n) is 4.79. The second kappa shape index (κ2) is 8.78. The highest BCUT2D eigenvalue weighted by Crippen LogP contribution is 2.11. The fourth-order valence-corrected chi connectivity index (χ4v) is 3.93. The van der Waals surface area contributed by atoms with Crippen molar-refractivity contribution >= 4 is 39.5 Å². The summed E-state index contributed by atoms with van der Waals surface area (Å²) < 4.78 is 4.12. The van der Waals surface area contributed by atoms with E-state index in [9.17, 15) is 9.59 Å². The summed E-state index contributed by atoms with van der Waals surface area (Å²) in [5.41, 5.74) is 3.22. The molecule has 2 aromatic carbocycles. The molecule has 0 bridgehead atoms. The molecule has 2 aromatic heterocycles. The Morgan fingerprint density at radius 2 is 2.00 bits per heavy atom. The first kappa shape index (κ1) is 20.3. The van der Waals surface area contributed by atoms with E-state index in [1.807, 2.05) is 43.3 Å². The van der Waals surface area contributed by atoms with Gasteiger partial charge < -0.3 is 5.32 Å². The van der Waals surface area contributed by atoms with Gasteiger partial charge in [-0.3, -0.25) is 14.2 Å². The van der Waals surface area contributed by atoms with Gasteiger partial charge in [0.05, 0.1) is 24.8 Å². The summed E-state index contributed by atoms with van der Waals surface area (Å²) in [6.45, 7) is 3.29. The molecule has 7 nitrogen and oxygen atoms in total. The number of aromatic nitrogens is 4. The van der Waals surface area contributed by atoms with E-state index in [-0.39, 0.29) is 11.5 Å². The van der Waals surface area contributed by atoms with E-state index in [0.29, 0.717) is 36.2 Å². The largest absolute Gasteiger partial charge is 0.350 e. The van der Waals surface area contributed by atoms with Crippen molar-refractivity contribution in [1.82, 2.24) is 24.6 Å². The molecule has 8 heteroatoms. The molecule has 2 heterocycles. The standard InChI is InChI=1S/C22H20IN5O2/c1-15-5-4-6-16(11-15)13-27-14-25-20-18(22(27)30)12-26-28(20)10-9-24-21(29)17-7-2-3-8-19(17)23/h2-8,11-12,14H,9-10,13H2,1H3,(H,24,29). The van der Waals surface area contributed by atoms with Crippen molar-refractivity contribution < 1.29 is 4.79 Å². The van der Waals surface area contributed by atoms with Crippen LogP contribution in [0.3, 0.4) is 0 Å². The Labute approximate surface area is 186 Å². The number of fused-ring (bicyclic) bond motifs is 1. The summed E-state index contributed by atoms with van der Waals surface area (Å²) in [6, 6.07) is 15.5. The maximum absolute atomic E-state index is 12.8. The highest BCUT2D eigenvalue weighted by atomic mass is 127. The van der Waals surface area contributed by atoms with E-state index >= 15 is 0 Å². The van der Waals surface area contributed by atoms with Crippen LogP contribution >= 0.6 is 22.6 Å². The molecule has 0 aliphatic rings. The second-order valence-electron chi connectivity index (χ2n) is 7.01. The summed E-state index contributed by atoms with van der Waals surface area (Å²) in [7, 11) is 0. The van der Waals surface area contributed by atoms with Gasteiger partial charge in [-0.2, -0.15) is 5.10 Å². The summed E-state index contributed by atoms with van der Waals surface area (Å²) in [5, 5.41) is 7.65. The molecule has 1 amide bonds. The van der Waals surface area contributed by atoms with Crippen LogP contribution in [0.25, 0.3) is 11.0 Å². The molecule has 0 atom stereocenters. The Bertz CT molecular complexity index is 1280. The van der Waals surface area contributed by atoms with Crippen molar-refractivity contribution in [3.8, 4) is 0 Å². The van der Waals surface area contributed by atoms with Crippen molar-refractivity contribution in [1.29, 1.82) is 0 Å². The first-order valence-corrected chi connectivity index (χ1v) is 10.6. The van der Waals surface area contributed by atoms with Gasteiger partial charge in [0.1, 0.15) is 11.7 Å².